The second kappa shape index (κ2) is 9.87. The molecule has 1 saturated heterocycles. The number of halogens is 1. The number of carbonyl (C=O) groups is 2. The summed E-state index contributed by atoms with van der Waals surface area (Å²) in [6.45, 7) is 1.19. The second-order valence-corrected chi connectivity index (χ2v) is 9.74. The topological polar surface area (TPSA) is 115 Å². The zero-order valence-electron chi connectivity index (χ0n) is 17.2. The number of hydrogen-bond acceptors (Lipinski definition) is 7. The molecule has 1 aliphatic heterocycles. The van der Waals surface area contributed by atoms with Gasteiger partial charge in [-0.25, -0.2) is 13.2 Å². The largest absolute Gasteiger partial charge is 0.442 e. The molecule has 1 aliphatic rings. The third-order valence-corrected chi connectivity index (χ3v) is 7.10. The number of benzene rings is 2. The van der Waals surface area contributed by atoms with Crippen LogP contribution < -0.4 is 10.1 Å². The van der Waals surface area contributed by atoms with Gasteiger partial charge in [-0.2, -0.15) is 4.31 Å². The third kappa shape index (κ3) is 5.50. The maximum absolute atomic E-state index is 12.9. The number of anilines is 1. The number of nitrogens with zero attached hydrogens (tertiary/aromatic N) is 1. The van der Waals surface area contributed by atoms with E-state index in [1.54, 1.807) is 24.3 Å². The first-order valence-corrected chi connectivity index (χ1v) is 12.1. The van der Waals surface area contributed by atoms with Crippen molar-refractivity contribution in [3.63, 3.8) is 0 Å². The highest BCUT2D eigenvalue weighted by atomic mass is 79.9. The van der Waals surface area contributed by atoms with Crippen LogP contribution in [0, 0.1) is 0 Å². The Balaban J connectivity index is 1.47. The van der Waals surface area contributed by atoms with E-state index in [4.69, 9.17) is 13.9 Å². The molecule has 9 nitrogen and oxygen atoms in total. The Kier molecular flexibility index (Phi) is 6.94. The number of rotatable bonds is 6. The monoisotopic (exact) mass is 534 g/mol. The average Bonchev–Trinajstić information content (AvgIpc) is 3.26. The molecule has 33 heavy (non-hydrogen) atoms. The van der Waals surface area contributed by atoms with E-state index in [0.29, 0.717) is 23.6 Å². The van der Waals surface area contributed by atoms with E-state index in [1.165, 1.54) is 40.7 Å². The minimum absolute atomic E-state index is 0.0228. The van der Waals surface area contributed by atoms with E-state index in [9.17, 15) is 18.0 Å². The first-order chi connectivity index (χ1) is 15.8. The molecule has 2 aromatic carbocycles. The van der Waals surface area contributed by atoms with Gasteiger partial charge in [-0.05, 0) is 58.4 Å². The Bertz CT molecular complexity index is 1280. The number of sulfonamides is 1. The van der Waals surface area contributed by atoms with Crippen LogP contribution in [0.4, 0.5) is 5.69 Å². The summed E-state index contributed by atoms with van der Waals surface area (Å²) in [5, 5.41) is 2.68. The van der Waals surface area contributed by atoms with Gasteiger partial charge in [-0.1, -0.05) is 12.1 Å². The average molecular weight is 535 g/mol. The lowest BCUT2D eigenvalue weighted by atomic mass is 10.2. The van der Waals surface area contributed by atoms with E-state index in [2.05, 4.69) is 21.2 Å². The minimum Gasteiger partial charge on any atom is -0.442 e. The van der Waals surface area contributed by atoms with Gasteiger partial charge in [0.15, 0.2) is 4.67 Å². The zero-order valence-corrected chi connectivity index (χ0v) is 19.6. The maximum atomic E-state index is 12.9. The number of hydrogen-bond donors (Lipinski definition) is 1. The molecule has 0 bridgehead atoms. The minimum atomic E-state index is -3.73. The molecule has 1 amide bonds. The summed E-state index contributed by atoms with van der Waals surface area (Å²) in [6.07, 6.45) is 0. The molecule has 1 N–H and O–H groups in total. The summed E-state index contributed by atoms with van der Waals surface area (Å²) >= 11 is 3.12. The lowest BCUT2D eigenvalue weighted by molar-refractivity contribution is 0.0700. The van der Waals surface area contributed by atoms with Gasteiger partial charge in [0.25, 0.3) is 5.91 Å². The number of furan rings is 1. The van der Waals surface area contributed by atoms with E-state index in [1.807, 2.05) is 0 Å². The van der Waals surface area contributed by atoms with Crippen molar-refractivity contribution >= 4 is 43.5 Å². The summed E-state index contributed by atoms with van der Waals surface area (Å²) in [5.74, 6) is -0.971. The maximum Gasteiger partial charge on any atom is 0.379 e. The number of morpholine rings is 1. The van der Waals surface area contributed by atoms with Gasteiger partial charge in [0.05, 0.1) is 18.1 Å². The van der Waals surface area contributed by atoms with Crippen LogP contribution in [0.5, 0.6) is 5.75 Å². The van der Waals surface area contributed by atoms with Crippen LogP contribution in [0.25, 0.3) is 0 Å². The lowest BCUT2D eigenvalue weighted by Gasteiger charge is -2.26. The predicted molar refractivity (Wildman–Crippen MR) is 122 cm³/mol. The Hall–Kier alpha value is -2.99. The van der Waals surface area contributed by atoms with Crippen LogP contribution in [-0.2, 0) is 14.8 Å². The highest BCUT2D eigenvalue weighted by molar-refractivity contribution is 9.10. The summed E-state index contributed by atoms with van der Waals surface area (Å²) < 4.78 is 43.1. The van der Waals surface area contributed by atoms with Gasteiger partial charge in [0.1, 0.15) is 5.75 Å². The Morgan fingerprint density at radius 3 is 2.48 bits per heavy atom. The molecule has 0 radical (unpaired) electrons. The van der Waals surface area contributed by atoms with Crippen LogP contribution in [-0.4, -0.2) is 50.9 Å². The molecule has 0 saturated carbocycles. The summed E-state index contributed by atoms with van der Waals surface area (Å²) in [5.41, 5.74) is 0.541. The molecule has 0 unspecified atom stereocenters. The van der Waals surface area contributed by atoms with Crippen LogP contribution in [0.1, 0.15) is 20.9 Å². The molecule has 1 aromatic heterocycles. The molecule has 3 aromatic rings. The predicted octanol–water partition coefficient (Wildman–Crippen LogP) is 3.53. The fourth-order valence-electron chi connectivity index (χ4n) is 3.16. The van der Waals surface area contributed by atoms with Crippen LogP contribution in [0.15, 0.2) is 74.6 Å². The van der Waals surface area contributed by atoms with Crippen molar-refractivity contribution in [3.05, 3.63) is 76.7 Å². The van der Waals surface area contributed by atoms with Gasteiger partial charge in [0.2, 0.25) is 15.8 Å². The SMILES string of the molecule is O=C(Nc1cccc(OC(=O)c2ccc(Br)o2)c1)c1cccc(S(=O)(=O)N2CCOCC2)c1. The normalized spacial score (nSPS) is 14.6. The molecule has 4 rings (SSSR count). The fraction of sp³-hybridized carbons (Fsp3) is 0.182. The zero-order chi connectivity index (χ0) is 23.4. The quantitative estimate of drug-likeness (QED) is 0.379. The number of esters is 1. The van der Waals surface area contributed by atoms with E-state index in [0.717, 1.165) is 0 Å². The van der Waals surface area contributed by atoms with Gasteiger partial charge < -0.3 is 19.2 Å². The highest BCUT2D eigenvalue weighted by Gasteiger charge is 2.27. The first-order valence-electron chi connectivity index (χ1n) is 9.90. The van der Waals surface area contributed by atoms with Gasteiger partial charge >= 0.3 is 5.97 Å². The molecule has 11 heteroatoms. The fourth-order valence-corrected chi connectivity index (χ4v) is 4.92. The molecule has 2 heterocycles. The molecule has 0 aliphatic carbocycles. The Labute approximate surface area is 198 Å². The number of carbonyl (C=O) groups excluding carboxylic acids is 2. The molecule has 0 atom stereocenters. The van der Waals surface area contributed by atoms with E-state index in [-0.39, 0.29) is 35.1 Å². The van der Waals surface area contributed by atoms with Crippen LogP contribution >= 0.6 is 15.9 Å². The first kappa shape index (κ1) is 23.2. The van der Waals surface area contributed by atoms with Crippen molar-refractivity contribution in [2.45, 2.75) is 4.90 Å². The Morgan fingerprint density at radius 2 is 1.76 bits per heavy atom. The summed E-state index contributed by atoms with van der Waals surface area (Å²) in [6, 6.07) is 15.1. The number of nitrogens with one attached hydrogen (secondary N) is 1. The van der Waals surface area contributed by atoms with Crippen molar-refractivity contribution in [2.24, 2.45) is 0 Å². The van der Waals surface area contributed by atoms with Crippen molar-refractivity contribution < 1.29 is 31.9 Å². The smallest absolute Gasteiger partial charge is 0.379 e. The highest BCUT2D eigenvalue weighted by Crippen LogP contribution is 2.22. The van der Waals surface area contributed by atoms with Crippen molar-refractivity contribution in [2.75, 3.05) is 31.6 Å². The summed E-state index contributed by atoms with van der Waals surface area (Å²) in [4.78, 5) is 24.9. The molecule has 1 fully saturated rings. The van der Waals surface area contributed by atoms with Crippen LogP contribution in [0.3, 0.4) is 0 Å². The van der Waals surface area contributed by atoms with Crippen LogP contribution in [0.2, 0.25) is 0 Å². The number of amides is 1. The molecular weight excluding hydrogens is 516 g/mol. The second-order valence-electron chi connectivity index (χ2n) is 7.02. The van der Waals surface area contributed by atoms with Crippen molar-refractivity contribution in [1.29, 1.82) is 0 Å². The standard InChI is InChI=1S/C22H19BrN2O7S/c23-20-8-7-19(32-20)22(27)31-17-5-2-4-16(14-17)24-21(26)15-3-1-6-18(13-15)33(28,29)25-9-11-30-12-10-25/h1-8,13-14H,9-12H2,(H,24,26). The molecular formula is C22H19BrN2O7S. The summed E-state index contributed by atoms with van der Waals surface area (Å²) in [7, 11) is -3.73. The number of ether oxygens (including phenoxy) is 2. The van der Waals surface area contributed by atoms with Gasteiger partial charge in [-0.3, -0.25) is 4.79 Å². The van der Waals surface area contributed by atoms with Gasteiger partial charge in [0, 0.05) is 30.4 Å². The molecule has 172 valence electrons. The third-order valence-electron chi connectivity index (χ3n) is 4.78. The van der Waals surface area contributed by atoms with E-state index >= 15 is 0 Å². The Morgan fingerprint density at radius 1 is 1.00 bits per heavy atom. The van der Waals surface area contributed by atoms with Crippen molar-refractivity contribution in [1.82, 2.24) is 4.31 Å². The van der Waals surface area contributed by atoms with Crippen molar-refractivity contribution in [3.8, 4) is 5.75 Å². The lowest BCUT2D eigenvalue weighted by Crippen LogP contribution is -2.40. The van der Waals surface area contributed by atoms with Gasteiger partial charge in [-0.15, -0.1) is 0 Å². The van der Waals surface area contributed by atoms with E-state index < -0.39 is 21.9 Å². The molecule has 0 spiro atoms.